The highest BCUT2D eigenvalue weighted by molar-refractivity contribution is 5.85. The lowest BCUT2D eigenvalue weighted by Gasteiger charge is -2.26. The number of amides is 1. The van der Waals surface area contributed by atoms with Gasteiger partial charge in [0.25, 0.3) is 0 Å². The van der Waals surface area contributed by atoms with Crippen LogP contribution < -0.4 is 10.6 Å². The van der Waals surface area contributed by atoms with Crippen LogP contribution >= 0.6 is 12.4 Å². The highest BCUT2D eigenvalue weighted by Crippen LogP contribution is 2.23. The lowest BCUT2D eigenvalue weighted by Crippen LogP contribution is -2.37. The van der Waals surface area contributed by atoms with Gasteiger partial charge in [-0.3, -0.25) is 4.79 Å². The van der Waals surface area contributed by atoms with Crippen molar-refractivity contribution in [2.45, 2.75) is 44.9 Å². The molecule has 0 unspecified atom stereocenters. The van der Waals surface area contributed by atoms with Gasteiger partial charge in [0.15, 0.2) is 0 Å². The third-order valence-corrected chi connectivity index (χ3v) is 4.59. The van der Waals surface area contributed by atoms with Crippen molar-refractivity contribution in [1.29, 1.82) is 0 Å². The Morgan fingerprint density at radius 2 is 1.87 bits per heavy atom. The average Bonchev–Trinajstić information content (AvgIpc) is 2.52. The van der Waals surface area contributed by atoms with Crippen molar-refractivity contribution in [3.05, 3.63) is 35.6 Å². The van der Waals surface area contributed by atoms with Crippen molar-refractivity contribution < 1.29 is 9.18 Å². The Hall–Kier alpha value is -1.13. The molecule has 2 N–H and O–H groups in total. The number of benzene rings is 1. The Balaban J connectivity index is 0.00000264. The molecule has 3 nitrogen and oxygen atoms in total. The van der Waals surface area contributed by atoms with Crippen molar-refractivity contribution in [1.82, 2.24) is 10.6 Å². The minimum absolute atomic E-state index is 0. The molecule has 0 radical (unpaired) electrons. The largest absolute Gasteiger partial charge is 0.355 e. The maximum atomic E-state index is 13.0. The number of rotatable bonds is 6. The SMILES string of the molecule is CC(C)(CNC(=O)CCC1CCNCC1)c1ccc(F)cc1.Cl. The third-order valence-electron chi connectivity index (χ3n) is 4.59. The van der Waals surface area contributed by atoms with Crippen molar-refractivity contribution in [3.8, 4) is 0 Å². The van der Waals surface area contributed by atoms with E-state index in [2.05, 4.69) is 24.5 Å². The van der Waals surface area contributed by atoms with E-state index in [1.807, 2.05) is 0 Å². The number of carbonyl (C=O) groups excluding carboxylic acids is 1. The highest BCUT2D eigenvalue weighted by atomic mass is 35.5. The van der Waals surface area contributed by atoms with Crippen LogP contribution in [-0.4, -0.2) is 25.5 Å². The molecule has 23 heavy (non-hydrogen) atoms. The Kier molecular flexibility index (Phi) is 8.00. The number of carbonyl (C=O) groups is 1. The number of hydrogen-bond donors (Lipinski definition) is 2. The molecule has 0 spiro atoms. The highest BCUT2D eigenvalue weighted by Gasteiger charge is 2.22. The Morgan fingerprint density at radius 3 is 2.48 bits per heavy atom. The quantitative estimate of drug-likeness (QED) is 0.831. The van der Waals surface area contributed by atoms with Crippen molar-refractivity contribution in [3.63, 3.8) is 0 Å². The van der Waals surface area contributed by atoms with Gasteiger partial charge in [-0.1, -0.05) is 26.0 Å². The third kappa shape index (κ3) is 6.48. The topological polar surface area (TPSA) is 41.1 Å². The van der Waals surface area contributed by atoms with Crippen LogP contribution in [0.25, 0.3) is 0 Å². The van der Waals surface area contributed by atoms with E-state index in [1.54, 1.807) is 12.1 Å². The summed E-state index contributed by atoms with van der Waals surface area (Å²) in [5.74, 6) is 0.566. The standard InChI is InChI=1S/C18H27FN2O.ClH/c1-18(2,15-4-6-16(19)7-5-15)13-21-17(22)8-3-14-9-11-20-12-10-14;/h4-7,14,20H,3,8-13H2,1-2H3,(H,21,22);1H. The van der Waals surface area contributed by atoms with Crippen LogP contribution in [0.5, 0.6) is 0 Å². The molecule has 1 amide bonds. The van der Waals surface area contributed by atoms with Gasteiger partial charge in [-0.15, -0.1) is 12.4 Å². The molecule has 1 heterocycles. The van der Waals surface area contributed by atoms with Gasteiger partial charge in [-0.05, 0) is 56.0 Å². The van der Waals surface area contributed by atoms with Crippen molar-refractivity contribution in [2.75, 3.05) is 19.6 Å². The van der Waals surface area contributed by atoms with Crippen LogP contribution in [-0.2, 0) is 10.2 Å². The van der Waals surface area contributed by atoms with E-state index in [1.165, 1.54) is 25.0 Å². The summed E-state index contributed by atoms with van der Waals surface area (Å²) in [5.41, 5.74) is 0.838. The lowest BCUT2D eigenvalue weighted by molar-refractivity contribution is -0.121. The van der Waals surface area contributed by atoms with Crippen LogP contribution in [0.4, 0.5) is 4.39 Å². The molecule has 1 aliphatic heterocycles. The molecule has 1 aliphatic rings. The molecule has 0 atom stereocenters. The summed E-state index contributed by atoms with van der Waals surface area (Å²) in [6.07, 6.45) is 3.93. The normalized spacial score (nSPS) is 15.8. The van der Waals surface area contributed by atoms with Gasteiger partial charge >= 0.3 is 0 Å². The molecule has 1 fully saturated rings. The van der Waals surface area contributed by atoms with Crippen molar-refractivity contribution >= 4 is 18.3 Å². The number of halogens is 2. The predicted octanol–water partition coefficient (Wildman–Crippen LogP) is 3.42. The number of hydrogen-bond acceptors (Lipinski definition) is 2. The second-order valence-corrected chi connectivity index (χ2v) is 6.90. The van der Waals surface area contributed by atoms with Gasteiger partial charge in [0.2, 0.25) is 5.91 Å². The summed E-state index contributed by atoms with van der Waals surface area (Å²) >= 11 is 0. The summed E-state index contributed by atoms with van der Waals surface area (Å²) in [4.78, 5) is 12.0. The number of nitrogens with one attached hydrogen (secondary N) is 2. The smallest absolute Gasteiger partial charge is 0.220 e. The van der Waals surface area contributed by atoms with Crippen LogP contribution in [0, 0.1) is 11.7 Å². The van der Waals surface area contributed by atoms with E-state index in [4.69, 9.17) is 0 Å². The first kappa shape index (κ1) is 19.9. The summed E-state index contributed by atoms with van der Waals surface area (Å²) < 4.78 is 13.0. The maximum absolute atomic E-state index is 13.0. The fraction of sp³-hybridized carbons (Fsp3) is 0.611. The molecular formula is C18H28ClFN2O. The zero-order valence-electron chi connectivity index (χ0n) is 14.0. The second-order valence-electron chi connectivity index (χ2n) is 6.90. The van der Waals surface area contributed by atoms with Crippen LogP contribution in [0.2, 0.25) is 0 Å². The molecular weight excluding hydrogens is 315 g/mol. The van der Waals surface area contributed by atoms with Gasteiger partial charge < -0.3 is 10.6 Å². The van der Waals surface area contributed by atoms with Crippen LogP contribution in [0.15, 0.2) is 24.3 Å². The monoisotopic (exact) mass is 342 g/mol. The van der Waals surface area contributed by atoms with Gasteiger partial charge in [0.05, 0.1) is 0 Å². The zero-order chi connectivity index (χ0) is 16.0. The molecule has 0 aliphatic carbocycles. The summed E-state index contributed by atoms with van der Waals surface area (Å²) in [5, 5.41) is 6.37. The van der Waals surface area contributed by atoms with Crippen LogP contribution in [0.3, 0.4) is 0 Å². The summed E-state index contributed by atoms with van der Waals surface area (Å²) in [7, 11) is 0. The molecule has 0 saturated carbocycles. The van der Waals surface area contributed by atoms with Gasteiger partial charge in [0, 0.05) is 18.4 Å². The molecule has 1 saturated heterocycles. The Bertz CT molecular complexity index is 484. The van der Waals surface area contributed by atoms with Crippen LogP contribution in [0.1, 0.15) is 45.1 Å². The second kappa shape index (κ2) is 9.24. The van der Waals surface area contributed by atoms with E-state index in [-0.39, 0.29) is 29.5 Å². The van der Waals surface area contributed by atoms with Gasteiger partial charge in [-0.25, -0.2) is 4.39 Å². The molecule has 130 valence electrons. The minimum atomic E-state index is -0.231. The van der Waals surface area contributed by atoms with Gasteiger partial charge in [-0.2, -0.15) is 0 Å². The molecule has 5 heteroatoms. The fourth-order valence-corrected chi connectivity index (χ4v) is 2.92. The summed E-state index contributed by atoms with van der Waals surface area (Å²) in [6, 6.07) is 6.51. The van der Waals surface area contributed by atoms with E-state index in [9.17, 15) is 9.18 Å². The van der Waals surface area contributed by atoms with E-state index >= 15 is 0 Å². The van der Waals surface area contributed by atoms with E-state index in [0.717, 1.165) is 25.1 Å². The maximum Gasteiger partial charge on any atom is 0.220 e. The molecule has 1 aromatic rings. The Labute approximate surface area is 144 Å². The van der Waals surface area contributed by atoms with Crippen molar-refractivity contribution in [2.24, 2.45) is 5.92 Å². The van der Waals surface area contributed by atoms with Gasteiger partial charge in [0.1, 0.15) is 5.82 Å². The molecule has 1 aromatic carbocycles. The summed E-state index contributed by atoms with van der Waals surface area (Å²) in [6.45, 7) is 6.85. The first-order valence-corrected chi connectivity index (χ1v) is 8.21. The van der Waals surface area contributed by atoms with E-state index < -0.39 is 0 Å². The lowest BCUT2D eigenvalue weighted by atomic mass is 9.84. The zero-order valence-corrected chi connectivity index (χ0v) is 14.8. The average molecular weight is 343 g/mol. The Morgan fingerprint density at radius 1 is 1.26 bits per heavy atom. The molecule has 0 bridgehead atoms. The number of piperidine rings is 1. The first-order valence-electron chi connectivity index (χ1n) is 8.21. The predicted molar refractivity (Wildman–Crippen MR) is 94.5 cm³/mol. The first-order chi connectivity index (χ1) is 10.5. The molecule has 2 rings (SSSR count). The fourth-order valence-electron chi connectivity index (χ4n) is 2.92. The molecule has 0 aromatic heterocycles. The van der Waals surface area contributed by atoms with E-state index in [0.29, 0.717) is 18.9 Å². The minimum Gasteiger partial charge on any atom is -0.355 e.